The van der Waals surface area contributed by atoms with Gasteiger partial charge in [-0.05, 0) is 35.6 Å². The summed E-state index contributed by atoms with van der Waals surface area (Å²) in [5.41, 5.74) is 2.85. The first-order chi connectivity index (χ1) is 8.08. The van der Waals surface area contributed by atoms with E-state index in [4.69, 9.17) is 10.0 Å². The molecule has 0 saturated carbocycles. The lowest BCUT2D eigenvalue weighted by Gasteiger charge is -2.08. The average Bonchev–Trinajstić information content (AvgIpc) is 2.28. The first-order valence-electron chi connectivity index (χ1n) is 5.30. The zero-order chi connectivity index (χ0) is 12.4. The highest BCUT2D eigenvalue weighted by Crippen LogP contribution is 2.20. The molecule has 0 heterocycles. The minimum Gasteiger partial charge on any atom is -0.423 e. The summed E-state index contributed by atoms with van der Waals surface area (Å²) in [6.07, 6.45) is 0. The molecule has 0 atom stereocenters. The van der Waals surface area contributed by atoms with Crippen LogP contribution in [0, 0.1) is 12.7 Å². The minimum atomic E-state index is -1.48. The van der Waals surface area contributed by atoms with Gasteiger partial charge in [-0.1, -0.05) is 35.9 Å². The van der Waals surface area contributed by atoms with Crippen LogP contribution in [0.4, 0.5) is 4.39 Å². The molecule has 2 rings (SSSR count). The smallest absolute Gasteiger partial charge is 0.423 e. The van der Waals surface area contributed by atoms with E-state index >= 15 is 0 Å². The summed E-state index contributed by atoms with van der Waals surface area (Å²) in [6.45, 7) is 1.79. The van der Waals surface area contributed by atoms with E-state index in [0.29, 0.717) is 5.46 Å². The van der Waals surface area contributed by atoms with Gasteiger partial charge >= 0.3 is 7.12 Å². The predicted molar refractivity (Wildman–Crippen MR) is 66.4 cm³/mol. The van der Waals surface area contributed by atoms with Crippen molar-refractivity contribution in [2.75, 3.05) is 0 Å². The standard InChI is InChI=1S/C13H12BFO2/c1-9-7-11(5-6-13(9)14(16)17)10-3-2-4-12(15)8-10/h2-8,16-17H,1H3. The predicted octanol–water partition coefficient (Wildman–Crippen LogP) is 1.48. The van der Waals surface area contributed by atoms with Crippen LogP contribution in [-0.2, 0) is 0 Å². The van der Waals surface area contributed by atoms with Gasteiger partial charge in [-0.3, -0.25) is 0 Å². The van der Waals surface area contributed by atoms with Gasteiger partial charge in [-0.15, -0.1) is 0 Å². The third kappa shape index (κ3) is 2.54. The van der Waals surface area contributed by atoms with Gasteiger partial charge < -0.3 is 10.0 Å². The molecular formula is C13H12BFO2. The van der Waals surface area contributed by atoms with E-state index in [-0.39, 0.29) is 5.82 Å². The van der Waals surface area contributed by atoms with E-state index in [0.717, 1.165) is 16.7 Å². The number of hydrogen-bond acceptors (Lipinski definition) is 2. The van der Waals surface area contributed by atoms with Crippen LogP contribution in [-0.4, -0.2) is 17.2 Å². The van der Waals surface area contributed by atoms with Crippen LogP contribution in [0.5, 0.6) is 0 Å². The highest BCUT2D eigenvalue weighted by atomic mass is 19.1. The van der Waals surface area contributed by atoms with Crippen LogP contribution >= 0.6 is 0 Å². The normalized spacial score (nSPS) is 10.4. The second-order valence-corrected chi connectivity index (χ2v) is 3.96. The Bertz CT molecular complexity index is 541. The van der Waals surface area contributed by atoms with Crippen LogP contribution < -0.4 is 5.46 Å². The first kappa shape index (κ1) is 11.8. The second-order valence-electron chi connectivity index (χ2n) is 3.96. The number of benzene rings is 2. The Morgan fingerprint density at radius 1 is 1.00 bits per heavy atom. The summed E-state index contributed by atoms with van der Waals surface area (Å²) in [7, 11) is -1.48. The molecule has 0 aliphatic rings. The molecule has 0 aliphatic carbocycles. The summed E-state index contributed by atoms with van der Waals surface area (Å²) in [5, 5.41) is 18.2. The van der Waals surface area contributed by atoms with Gasteiger partial charge in [-0.2, -0.15) is 0 Å². The first-order valence-corrected chi connectivity index (χ1v) is 5.30. The molecule has 86 valence electrons. The molecule has 0 spiro atoms. The summed E-state index contributed by atoms with van der Waals surface area (Å²) < 4.78 is 13.1. The molecular weight excluding hydrogens is 218 g/mol. The molecule has 0 saturated heterocycles. The van der Waals surface area contributed by atoms with Crippen LogP contribution in [0.15, 0.2) is 42.5 Å². The Morgan fingerprint density at radius 2 is 1.71 bits per heavy atom. The van der Waals surface area contributed by atoms with Crippen molar-refractivity contribution in [3.8, 4) is 11.1 Å². The zero-order valence-electron chi connectivity index (χ0n) is 9.39. The van der Waals surface area contributed by atoms with Crippen molar-refractivity contribution in [3.63, 3.8) is 0 Å². The van der Waals surface area contributed by atoms with E-state index in [2.05, 4.69) is 0 Å². The van der Waals surface area contributed by atoms with Crippen LogP contribution in [0.2, 0.25) is 0 Å². The molecule has 2 aromatic rings. The van der Waals surface area contributed by atoms with Crippen LogP contribution in [0.3, 0.4) is 0 Å². The Balaban J connectivity index is 2.44. The van der Waals surface area contributed by atoms with Gasteiger partial charge in [0, 0.05) is 0 Å². The molecule has 4 heteroatoms. The maximum Gasteiger partial charge on any atom is 0.488 e. The van der Waals surface area contributed by atoms with Gasteiger partial charge in [0.25, 0.3) is 0 Å². The molecule has 0 bridgehead atoms. The highest BCUT2D eigenvalue weighted by Gasteiger charge is 2.14. The van der Waals surface area contributed by atoms with Gasteiger partial charge in [0.05, 0.1) is 0 Å². The highest BCUT2D eigenvalue weighted by molar-refractivity contribution is 6.59. The molecule has 0 amide bonds. The minimum absolute atomic E-state index is 0.286. The van der Waals surface area contributed by atoms with Gasteiger partial charge in [0.1, 0.15) is 5.82 Å². The lowest BCUT2D eigenvalue weighted by molar-refractivity contribution is 0.425. The van der Waals surface area contributed by atoms with Crippen LogP contribution in [0.1, 0.15) is 5.56 Å². The third-order valence-electron chi connectivity index (χ3n) is 2.71. The Hall–Kier alpha value is -1.65. The molecule has 0 fully saturated rings. The Kier molecular flexibility index (Phi) is 3.27. The molecule has 17 heavy (non-hydrogen) atoms. The second kappa shape index (κ2) is 4.69. The topological polar surface area (TPSA) is 40.5 Å². The van der Waals surface area contributed by atoms with Crippen molar-refractivity contribution in [1.29, 1.82) is 0 Å². The molecule has 2 aromatic carbocycles. The molecule has 0 aliphatic heterocycles. The Labute approximate surface area is 99.5 Å². The van der Waals surface area contributed by atoms with Crippen molar-refractivity contribution >= 4 is 12.6 Å². The monoisotopic (exact) mass is 230 g/mol. The largest absolute Gasteiger partial charge is 0.488 e. The van der Waals surface area contributed by atoms with Gasteiger partial charge in [0.2, 0.25) is 0 Å². The van der Waals surface area contributed by atoms with Crippen LogP contribution in [0.25, 0.3) is 11.1 Å². The number of halogens is 1. The maximum atomic E-state index is 13.1. The fourth-order valence-corrected chi connectivity index (χ4v) is 1.81. The Morgan fingerprint density at radius 3 is 2.29 bits per heavy atom. The van der Waals surface area contributed by atoms with Crippen molar-refractivity contribution < 1.29 is 14.4 Å². The summed E-state index contributed by atoms with van der Waals surface area (Å²) in [6, 6.07) is 11.5. The van der Waals surface area contributed by atoms with E-state index in [1.54, 1.807) is 25.1 Å². The SMILES string of the molecule is Cc1cc(-c2cccc(F)c2)ccc1B(O)O. The number of rotatable bonds is 2. The summed E-state index contributed by atoms with van der Waals surface area (Å²) in [5.74, 6) is -0.286. The van der Waals surface area contributed by atoms with Crippen molar-refractivity contribution in [2.24, 2.45) is 0 Å². The number of aryl methyl sites for hydroxylation is 1. The molecule has 2 nitrogen and oxygen atoms in total. The van der Waals surface area contributed by atoms with E-state index in [1.165, 1.54) is 12.1 Å². The zero-order valence-corrected chi connectivity index (χ0v) is 9.39. The van der Waals surface area contributed by atoms with Crippen molar-refractivity contribution in [2.45, 2.75) is 6.92 Å². The molecule has 0 aromatic heterocycles. The quantitative estimate of drug-likeness (QED) is 0.767. The van der Waals surface area contributed by atoms with E-state index < -0.39 is 7.12 Å². The number of hydrogen-bond donors (Lipinski definition) is 2. The summed E-state index contributed by atoms with van der Waals surface area (Å²) >= 11 is 0. The fraction of sp³-hybridized carbons (Fsp3) is 0.0769. The maximum absolute atomic E-state index is 13.1. The average molecular weight is 230 g/mol. The molecule has 0 unspecified atom stereocenters. The third-order valence-corrected chi connectivity index (χ3v) is 2.71. The molecule has 0 radical (unpaired) electrons. The lowest BCUT2D eigenvalue weighted by atomic mass is 9.76. The lowest BCUT2D eigenvalue weighted by Crippen LogP contribution is -2.31. The van der Waals surface area contributed by atoms with E-state index in [9.17, 15) is 4.39 Å². The fourth-order valence-electron chi connectivity index (χ4n) is 1.81. The van der Waals surface area contributed by atoms with Gasteiger partial charge in [0.15, 0.2) is 0 Å². The molecule has 2 N–H and O–H groups in total. The summed E-state index contributed by atoms with van der Waals surface area (Å²) in [4.78, 5) is 0. The van der Waals surface area contributed by atoms with Gasteiger partial charge in [-0.25, -0.2) is 4.39 Å². The van der Waals surface area contributed by atoms with E-state index in [1.807, 2.05) is 12.1 Å². The van der Waals surface area contributed by atoms with Crippen molar-refractivity contribution in [3.05, 3.63) is 53.8 Å². The van der Waals surface area contributed by atoms with Crippen molar-refractivity contribution in [1.82, 2.24) is 0 Å².